The zero-order valence-electron chi connectivity index (χ0n) is 10.7. The maximum Gasteiger partial charge on any atom is 0.227 e. The van der Waals surface area contributed by atoms with Gasteiger partial charge in [-0.05, 0) is 24.3 Å². The molecule has 5 nitrogen and oxygen atoms in total. The molecule has 0 aliphatic carbocycles. The Hall–Kier alpha value is -2.30. The highest BCUT2D eigenvalue weighted by Gasteiger charge is 2.06. The van der Waals surface area contributed by atoms with Crippen LogP contribution in [0.1, 0.15) is 0 Å². The molecule has 0 atom stereocenters. The molecule has 0 saturated carbocycles. The van der Waals surface area contributed by atoms with Gasteiger partial charge in [0.2, 0.25) is 5.95 Å². The van der Waals surface area contributed by atoms with Crippen molar-refractivity contribution in [3.8, 4) is 17.0 Å². The van der Waals surface area contributed by atoms with Crippen LogP contribution in [-0.2, 0) is 0 Å². The van der Waals surface area contributed by atoms with Gasteiger partial charge in [0.15, 0.2) is 0 Å². The van der Waals surface area contributed by atoms with Gasteiger partial charge < -0.3 is 15.4 Å². The Bertz CT molecular complexity index is 537. The first-order valence-electron chi connectivity index (χ1n) is 5.56. The minimum Gasteiger partial charge on any atom is -0.497 e. The molecule has 2 rings (SSSR count). The first-order chi connectivity index (χ1) is 8.60. The van der Waals surface area contributed by atoms with Crippen LogP contribution in [0.25, 0.3) is 11.3 Å². The van der Waals surface area contributed by atoms with E-state index in [9.17, 15) is 0 Å². The molecule has 0 aliphatic rings. The van der Waals surface area contributed by atoms with Crippen molar-refractivity contribution in [2.45, 2.75) is 0 Å². The maximum absolute atomic E-state index is 5.79. The van der Waals surface area contributed by atoms with E-state index in [0.717, 1.165) is 17.0 Å². The monoisotopic (exact) mass is 244 g/mol. The van der Waals surface area contributed by atoms with E-state index in [4.69, 9.17) is 10.5 Å². The highest BCUT2D eigenvalue weighted by molar-refractivity contribution is 5.64. The van der Waals surface area contributed by atoms with E-state index in [2.05, 4.69) is 9.97 Å². The summed E-state index contributed by atoms with van der Waals surface area (Å²) >= 11 is 0. The molecule has 0 bridgehead atoms. The lowest BCUT2D eigenvalue weighted by molar-refractivity contribution is 0.415. The number of anilines is 2. The zero-order chi connectivity index (χ0) is 13.1. The third-order valence-corrected chi connectivity index (χ3v) is 2.52. The number of aromatic nitrogens is 2. The van der Waals surface area contributed by atoms with Gasteiger partial charge in [-0.3, -0.25) is 0 Å². The minimum atomic E-state index is 0.458. The van der Waals surface area contributed by atoms with Gasteiger partial charge in [-0.15, -0.1) is 0 Å². The number of hydrogen-bond acceptors (Lipinski definition) is 5. The SMILES string of the molecule is COc1ccc(-c2cc(N)nc(N(C)C)n2)cc1. The largest absolute Gasteiger partial charge is 0.497 e. The van der Waals surface area contributed by atoms with Crippen molar-refractivity contribution in [2.75, 3.05) is 31.8 Å². The Morgan fingerprint density at radius 2 is 1.78 bits per heavy atom. The molecule has 0 fully saturated rings. The minimum absolute atomic E-state index is 0.458. The molecular weight excluding hydrogens is 228 g/mol. The van der Waals surface area contributed by atoms with Crippen molar-refractivity contribution in [2.24, 2.45) is 0 Å². The summed E-state index contributed by atoms with van der Waals surface area (Å²) in [6.45, 7) is 0. The number of methoxy groups -OCH3 is 1. The first-order valence-corrected chi connectivity index (χ1v) is 5.56. The fraction of sp³-hybridized carbons (Fsp3) is 0.231. The van der Waals surface area contributed by atoms with E-state index in [1.54, 1.807) is 13.2 Å². The van der Waals surface area contributed by atoms with Crippen LogP contribution in [0.5, 0.6) is 5.75 Å². The molecule has 1 aromatic carbocycles. The van der Waals surface area contributed by atoms with Crippen molar-refractivity contribution in [1.29, 1.82) is 0 Å². The average Bonchev–Trinajstić information content (AvgIpc) is 2.38. The second-order valence-corrected chi connectivity index (χ2v) is 4.10. The average molecular weight is 244 g/mol. The van der Waals surface area contributed by atoms with Crippen LogP contribution in [0.4, 0.5) is 11.8 Å². The lowest BCUT2D eigenvalue weighted by atomic mass is 10.1. The van der Waals surface area contributed by atoms with Crippen molar-refractivity contribution in [3.05, 3.63) is 30.3 Å². The number of rotatable bonds is 3. The number of benzene rings is 1. The molecule has 1 heterocycles. The van der Waals surface area contributed by atoms with Crippen LogP contribution in [0.3, 0.4) is 0 Å². The van der Waals surface area contributed by atoms with E-state index in [1.165, 1.54) is 0 Å². The molecular formula is C13H16N4O. The smallest absolute Gasteiger partial charge is 0.227 e. The van der Waals surface area contributed by atoms with Crippen molar-refractivity contribution in [1.82, 2.24) is 9.97 Å². The normalized spacial score (nSPS) is 10.2. The Morgan fingerprint density at radius 1 is 1.11 bits per heavy atom. The predicted octanol–water partition coefficient (Wildman–Crippen LogP) is 1.80. The van der Waals surface area contributed by atoms with E-state index in [-0.39, 0.29) is 0 Å². The number of hydrogen-bond donors (Lipinski definition) is 1. The standard InChI is InChI=1S/C13H16N4O/c1-17(2)13-15-11(8-12(14)16-13)9-4-6-10(18-3)7-5-9/h4-8H,1-3H3,(H2,14,15,16). The molecule has 0 unspecified atom stereocenters. The van der Waals surface area contributed by atoms with E-state index < -0.39 is 0 Å². The molecule has 0 spiro atoms. The second kappa shape index (κ2) is 4.91. The Morgan fingerprint density at radius 3 is 2.33 bits per heavy atom. The number of ether oxygens (including phenoxy) is 1. The summed E-state index contributed by atoms with van der Waals surface area (Å²) in [6.07, 6.45) is 0. The second-order valence-electron chi connectivity index (χ2n) is 4.10. The van der Waals surface area contributed by atoms with Crippen LogP contribution in [0, 0.1) is 0 Å². The molecule has 1 aromatic heterocycles. The van der Waals surface area contributed by atoms with Crippen LogP contribution >= 0.6 is 0 Å². The molecule has 94 valence electrons. The van der Waals surface area contributed by atoms with Crippen molar-refractivity contribution in [3.63, 3.8) is 0 Å². The van der Waals surface area contributed by atoms with E-state index in [0.29, 0.717) is 11.8 Å². The topological polar surface area (TPSA) is 64.3 Å². The highest BCUT2D eigenvalue weighted by atomic mass is 16.5. The Balaban J connectivity index is 2.42. The zero-order valence-corrected chi connectivity index (χ0v) is 10.7. The number of nitrogen functional groups attached to an aromatic ring is 1. The molecule has 5 heteroatoms. The molecule has 0 radical (unpaired) electrons. The lowest BCUT2D eigenvalue weighted by Gasteiger charge is -2.12. The van der Waals surface area contributed by atoms with Gasteiger partial charge in [-0.2, -0.15) is 4.98 Å². The molecule has 18 heavy (non-hydrogen) atoms. The third-order valence-electron chi connectivity index (χ3n) is 2.52. The summed E-state index contributed by atoms with van der Waals surface area (Å²) in [6, 6.07) is 9.43. The van der Waals surface area contributed by atoms with Crippen LogP contribution in [0.2, 0.25) is 0 Å². The quantitative estimate of drug-likeness (QED) is 0.892. The predicted molar refractivity (Wildman–Crippen MR) is 72.8 cm³/mol. The Labute approximate surface area is 106 Å². The molecule has 0 aliphatic heterocycles. The maximum atomic E-state index is 5.79. The van der Waals surface area contributed by atoms with Crippen LogP contribution < -0.4 is 15.4 Å². The van der Waals surface area contributed by atoms with Crippen molar-refractivity contribution >= 4 is 11.8 Å². The Kier molecular flexibility index (Phi) is 3.32. The van der Waals surface area contributed by atoms with Gasteiger partial charge in [0.05, 0.1) is 12.8 Å². The third kappa shape index (κ3) is 2.51. The van der Waals surface area contributed by atoms with Crippen LogP contribution in [-0.4, -0.2) is 31.2 Å². The van der Waals surface area contributed by atoms with Gasteiger partial charge in [-0.25, -0.2) is 4.98 Å². The highest BCUT2D eigenvalue weighted by Crippen LogP contribution is 2.23. The lowest BCUT2D eigenvalue weighted by Crippen LogP contribution is -2.13. The molecule has 0 amide bonds. The molecule has 2 N–H and O–H groups in total. The first kappa shape index (κ1) is 12.2. The summed E-state index contributed by atoms with van der Waals surface area (Å²) in [5, 5.41) is 0. The van der Waals surface area contributed by atoms with Gasteiger partial charge in [0.1, 0.15) is 11.6 Å². The molecule has 0 saturated heterocycles. The van der Waals surface area contributed by atoms with Gasteiger partial charge in [0, 0.05) is 25.7 Å². The summed E-state index contributed by atoms with van der Waals surface area (Å²) in [4.78, 5) is 10.4. The molecule has 2 aromatic rings. The van der Waals surface area contributed by atoms with E-state index >= 15 is 0 Å². The fourth-order valence-corrected chi connectivity index (χ4v) is 1.56. The van der Waals surface area contributed by atoms with E-state index in [1.807, 2.05) is 43.3 Å². The van der Waals surface area contributed by atoms with Gasteiger partial charge >= 0.3 is 0 Å². The van der Waals surface area contributed by atoms with Gasteiger partial charge in [0.25, 0.3) is 0 Å². The van der Waals surface area contributed by atoms with Crippen molar-refractivity contribution < 1.29 is 4.74 Å². The summed E-state index contributed by atoms with van der Waals surface area (Å²) in [7, 11) is 5.40. The number of nitrogens with zero attached hydrogens (tertiary/aromatic N) is 3. The van der Waals surface area contributed by atoms with Crippen LogP contribution in [0.15, 0.2) is 30.3 Å². The summed E-state index contributed by atoms with van der Waals surface area (Å²) < 4.78 is 5.13. The number of nitrogens with two attached hydrogens (primary N) is 1. The summed E-state index contributed by atoms with van der Waals surface area (Å²) in [5.74, 6) is 1.87. The van der Waals surface area contributed by atoms with Gasteiger partial charge in [-0.1, -0.05) is 0 Å². The summed E-state index contributed by atoms with van der Waals surface area (Å²) in [5.41, 5.74) is 7.57. The fourth-order valence-electron chi connectivity index (χ4n) is 1.56.